The number of thioether (sulfide) groups is 1. The van der Waals surface area contributed by atoms with E-state index in [1.807, 2.05) is 31.2 Å². The fraction of sp³-hybridized carbons (Fsp3) is 0.556. The van der Waals surface area contributed by atoms with E-state index < -0.39 is 0 Å². The average molecular weight is 372 g/mol. The van der Waals surface area contributed by atoms with Crippen LogP contribution < -0.4 is 5.32 Å². The van der Waals surface area contributed by atoms with Crippen molar-refractivity contribution in [1.82, 2.24) is 30.4 Å². The Morgan fingerprint density at radius 1 is 1.27 bits per heavy atom. The minimum absolute atomic E-state index is 0.0543. The van der Waals surface area contributed by atoms with E-state index in [0.717, 1.165) is 43.2 Å². The molecule has 0 radical (unpaired) electrons. The van der Waals surface area contributed by atoms with Gasteiger partial charge < -0.3 is 10.2 Å². The van der Waals surface area contributed by atoms with Crippen molar-refractivity contribution in [1.29, 1.82) is 0 Å². The number of aryl methyl sites for hydroxylation is 1. The van der Waals surface area contributed by atoms with Crippen LogP contribution >= 0.6 is 11.8 Å². The molecule has 1 aromatic heterocycles. The van der Waals surface area contributed by atoms with Gasteiger partial charge in [-0.15, -0.1) is 5.10 Å². The van der Waals surface area contributed by atoms with Gasteiger partial charge in [-0.2, -0.15) is 4.68 Å². The summed E-state index contributed by atoms with van der Waals surface area (Å²) in [6.07, 6.45) is 4.80. The van der Waals surface area contributed by atoms with E-state index in [4.69, 9.17) is 0 Å². The second-order valence-electron chi connectivity index (χ2n) is 7.11. The molecule has 0 atom stereocenters. The van der Waals surface area contributed by atoms with E-state index in [2.05, 4.69) is 25.7 Å². The molecule has 2 fully saturated rings. The second kappa shape index (κ2) is 7.75. The molecule has 1 saturated heterocycles. The molecule has 26 heavy (non-hydrogen) atoms. The number of nitrogens with one attached hydrogen (secondary N) is 1. The molecule has 8 heteroatoms. The van der Waals surface area contributed by atoms with Crippen LogP contribution in [0.3, 0.4) is 0 Å². The lowest BCUT2D eigenvalue weighted by atomic mass is 10.1. The zero-order valence-corrected chi connectivity index (χ0v) is 15.8. The van der Waals surface area contributed by atoms with Crippen LogP contribution in [0.25, 0.3) is 5.69 Å². The van der Waals surface area contributed by atoms with Crippen LogP contribution in [-0.4, -0.2) is 61.9 Å². The van der Waals surface area contributed by atoms with Crippen molar-refractivity contribution in [3.8, 4) is 5.69 Å². The smallest absolute Gasteiger partial charge is 0.230 e. The molecule has 1 aromatic carbocycles. The minimum Gasteiger partial charge on any atom is -0.353 e. The number of aromatic nitrogens is 4. The second-order valence-corrected chi connectivity index (χ2v) is 8.05. The topological polar surface area (TPSA) is 75.9 Å². The fourth-order valence-corrected chi connectivity index (χ4v) is 4.14. The summed E-state index contributed by atoms with van der Waals surface area (Å²) in [6.45, 7) is 4.24. The molecule has 0 spiro atoms. The largest absolute Gasteiger partial charge is 0.353 e. The Hall–Kier alpha value is -1.93. The van der Waals surface area contributed by atoms with Crippen molar-refractivity contribution in [2.24, 2.45) is 0 Å². The molecule has 1 aliphatic heterocycles. The van der Waals surface area contributed by atoms with Crippen molar-refractivity contribution in [2.45, 2.75) is 49.8 Å². The molecule has 1 saturated carbocycles. The normalized spacial score (nSPS) is 18.8. The van der Waals surface area contributed by atoms with Gasteiger partial charge in [-0.25, -0.2) is 0 Å². The lowest BCUT2D eigenvalue weighted by Crippen LogP contribution is -2.45. The van der Waals surface area contributed by atoms with E-state index in [1.165, 1.54) is 24.6 Å². The van der Waals surface area contributed by atoms with Crippen molar-refractivity contribution in [3.63, 3.8) is 0 Å². The number of hydrogen-bond donors (Lipinski definition) is 1. The molecule has 1 N–H and O–H groups in total. The first-order valence-corrected chi connectivity index (χ1v) is 10.2. The van der Waals surface area contributed by atoms with Gasteiger partial charge in [0.1, 0.15) is 0 Å². The highest BCUT2D eigenvalue weighted by Gasteiger charge is 2.32. The Labute approximate surface area is 157 Å². The van der Waals surface area contributed by atoms with E-state index in [0.29, 0.717) is 17.0 Å². The Kier molecular flexibility index (Phi) is 5.21. The third-order valence-electron chi connectivity index (χ3n) is 4.98. The standard InChI is InChI=1S/C18H24N6OS/c1-13-3-2-4-16(11-13)24-18(20-21-22-24)26-12-17(25)19-14-7-9-23(10-8-14)15-5-6-15/h2-4,11,14-15H,5-10,12H2,1H3,(H,19,25). The third-order valence-corrected chi connectivity index (χ3v) is 5.90. The number of carbonyl (C=O) groups is 1. The summed E-state index contributed by atoms with van der Waals surface area (Å²) in [5, 5.41) is 15.7. The monoisotopic (exact) mass is 372 g/mol. The van der Waals surface area contributed by atoms with Crippen molar-refractivity contribution >= 4 is 17.7 Å². The molecule has 2 heterocycles. The number of hydrogen-bond acceptors (Lipinski definition) is 6. The number of likely N-dealkylation sites (tertiary alicyclic amines) is 1. The zero-order chi connectivity index (χ0) is 17.9. The van der Waals surface area contributed by atoms with Crippen molar-refractivity contribution < 1.29 is 4.79 Å². The van der Waals surface area contributed by atoms with Crippen molar-refractivity contribution in [2.75, 3.05) is 18.8 Å². The van der Waals surface area contributed by atoms with Gasteiger partial charge in [0.05, 0.1) is 11.4 Å². The van der Waals surface area contributed by atoms with Gasteiger partial charge >= 0.3 is 0 Å². The number of nitrogens with zero attached hydrogens (tertiary/aromatic N) is 5. The summed E-state index contributed by atoms with van der Waals surface area (Å²) in [4.78, 5) is 14.9. The molecule has 2 aromatic rings. The Morgan fingerprint density at radius 3 is 2.81 bits per heavy atom. The minimum atomic E-state index is 0.0543. The number of piperidine rings is 1. The predicted molar refractivity (Wildman–Crippen MR) is 100 cm³/mol. The van der Waals surface area contributed by atoms with Crippen molar-refractivity contribution in [3.05, 3.63) is 29.8 Å². The third kappa shape index (κ3) is 4.24. The molecule has 7 nitrogen and oxygen atoms in total. The maximum Gasteiger partial charge on any atom is 0.230 e. The van der Waals surface area contributed by atoms with Gasteiger partial charge in [0.15, 0.2) is 0 Å². The van der Waals surface area contributed by atoms with Gasteiger partial charge in [0.25, 0.3) is 0 Å². The average Bonchev–Trinajstić information content (AvgIpc) is 3.38. The highest BCUT2D eigenvalue weighted by atomic mass is 32.2. The SMILES string of the molecule is Cc1cccc(-n2nnnc2SCC(=O)NC2CCN(C3CC3)CC2)c1. The first-order valence-electron chi connectivity index (χ1n) is 9.20. The molecule has 1 aliphatic carbocycles. The summed E-state index contributed by atoms with van der Waals surface area (Å²) < 4.78 is 1.68. The Bertz CT molecular complexity index is 767. The molecule has 2 aliphatic rings. The number of tetrazole rings is 1. The highest BCUT2D eigenvalue weighted by molar-refractivity contribution is 7.99. The van der Waals surface area contributed by atoms with Gasteiger partial charge in [-0.1, -0.05) is 23.9 Å². The number of amides is 1. The Balaban J connectivity index is 1.28. The van der Waals surface area contributed by atoms with E-state index >= 15 is 0 Å². The number of carbonyl (C=O) groups excluding carboxylic acids is 1. The predicted octanol–water partition coefficient (Wildman–Crippen LogP) is 1.81. The van der Waals surface area contributed by atoms with Crippen LogP contribution in [0, 0.1) is 6.92 Å². The quantitative estimate of drug-likeness (QED) is 0.780. The van der Waals surface area contributed by atoms with Crippen LogP contribution in [0.5, 0.6) is 0 Å². The fourth-order valence-electron chi connectivity index (χ4n) is 3.44. The van der Waals surface area contributed by atoms with Crippen LogP contribution in [0.2, 0.25) is 0 Å². The maximum atomic E-state index is 12.3. The summed E-state index contributed by atoms with van der Waals surface area (Å²) in [5.74, 6) is 0.383. The number of benzene rings is 1. The molecular formula is C18H24N6OS. The van der Waals surface area contributed by atoms with Gasteiger partial charge in [0, 0.05) is 25.2 Å². The first-order chi connectivity index (χ1) is 12.7. The van der Waals surface area contributed by atoms with Crippen LogP contribution in [0.15, 0.2) is 29.4 Å². The molecule has 4 rings (SSSR count). The highest BCUT2D eigenvalue weighted by Crippen LogP contribution is 2.29. The molecule has 0 unspecified atom stereocenters. The zero-order valence-electron chi connectivity index (χ0n) is 15.0. The molecule has 1 amide bonds. The first kappa shape index (κ1) is 17.5. The summed E-state index contributed by atoms with van der Waals surface area (Å²) in [5.41, 5.74) is 2.05. The summed E-state index contributed by atoms with van der Waals surface area (Å²) in [7, 11) is 0. The van der Waals surface area contributed by atoms with Crippen LogP contribution in [0.1, 0.15) is 31.2 Å². The summed E-state index contributed by atoms with van der Waals surface area (Å²) >= 11 is 1.37. The lowest BCUT2D eigenvalue weighted by Gasteiger charge is -2.32. The van der Waals surface area contributed by atoms with Gasteiger partial charge in [-0.05, 0) is 60.7 Å². The molecule has 138 valence electrons. The van der Waals surface area contributed by atoms with Crippen LogP contribution in [-0.2, 0) is 4.79 Å². The van der Waals surface area contributed by atoms with Gasteiger partial charge in [0.2, 0.25) is 11.1 Å². The maximum absolute atomic E-state index is 12.3. The van der Waals surface area contributed by atoms with E-state index in [-0.39, 0.29) is 5.91 Å². The van der Waals surface area contributed by atoms with Crippen LogP contribution in [0.4, 0.5) is 0 Å². The van der Waals surface area contributed by atoms with Gasteiger partial charge in [-0.3, -0.25) is 4.79 Å². The molecular weight excluding hydrogens is 348 g/mol. The van der Waals surface area contributed by atoms with E-state index in [9.17, 15) is 4.79 Å². The van der Waals surface area contributed by atoms with E-state index in [1.54, 1.807) is 4.68 Å². The summed E-state index contributed by atoms with van der Waals surface area (Å²) in [6, 6.07) is 9.10. The molecule has 0 bridgehead atoms. The number of rotatable bonds is 6. The lowest BCUT2D eigenvalue weighted by molar-refractivity contribution is -0.119. The Morgan fingerprint density at radius 2 is 2.08 bits per heavy atom.